The predicted octanol–water partition coefficient (Wildman–Crippen LogP) is 4.56. The lowest BCUT2D eigenvalue weighted by Gasteiger charge is -2.39. The minimum atomic E-state index is -0.240. The van der Waals surface area contributed by atoms with Gasteiger partial charge >= 0.3 is 0 Å². The average molecular weight is 444 g/mol. The van der Waals surface area contributed by atoms with Crippen molar-refractivity contribution in [1.29, 1.82) is 0 Å². The summed E-state index contributed by atoms with van der Waals surface area (Å²) in [6.07, 6.45) is 9.81. The average Bonchev–Trinajstić information content (AvgIpc) is 3.34. The zero-order valence-electron chi connectivity index (χ0n) is 19.3. The van der Waals surface area contributed by atoms with Gasteiger partial charge in [-0.15, -0.1) is 0 Å². The maximum absolute atomic E-state index is 13.3. The van der Waals surface area contributed by atoms with E-state index in [1.807, 2.05) is 24.3 Å². The van der Waals surface area contributed by atoms with Crippen molar-refractivity contribution in [3.05, 3.63) is 72.3 Å². The number of amides is 2. The van der Waals surface area contributed by atoms with Crippen molar-refractivity contribution in [3.8, 4) is 5.69 Å². The van der Waals surface area contributed by atoms with Crippen LogP contribution in [0.5, 0.6) is 0 Å². The lowest BCUT2D eigenvalue weighted by molar-refractivity contribution is 0.0708. The van der Waals surface area contributed by atoms with E-state index in [0.717, 1.165) is 31.5 Å². The number of anilines is 1. The predicted molar refractivity (Wildman–Crippen MR) is 126 cm³/mol. The molecule has 2 aromatic heterocycles. The molecule has 3 aromatic rings. The number of aromatic nitrogens is 3. The van der Waals surface area contributed by atoms with E-state index in [-0.39, 0.29) is 22.6 Å². The smallest absolute Gasteiger partial charge is 0.257 e. The number of pyridine rings is 1. The molecule has 3 heterocycles. The summed E-state index contributed by atoms with van der Waals surface area (Å²) in [5.41, 5.74) is 3.08. The van der Waals surface area contributed by atoms with Crippen molar-refractivity contribution in [2.24, 2.45) is 10.8 Å². The third-order valence-corrected chi connectivity index (χ3v) is 6.82. The number of hydrogen-bond acceptors (Lipinski definition) is 4. The molecule has 0 unspecified atom stereocenters. The fourth-order valence-corrected chi connectivity index (χ4v) is 5.85. The number of benzene rings is 1. The summed E-state index contributed by atoms with van der Waals surface area (Å²) >= 11 is 0. The highest BCUT2D eigenvalue weighted by molar-refractivity contribution is 6.03. The number of likely N-dealkylation sites (tertiary alicyclic amines) is 1. The van der Waals surface area contributed by atoms with E-state index in [1.165, 1.54) is 6.20 Å². The van der Waals surface area contributed by atoms with Crippen molar-refractivity contribution < 1.29 is 9.59 Å². The van der Waals surface area contributed by atoms with E-state index in [4.69, 9.17) is 0 Å². The topological polar surface area (TPSA) is 80.1 Å². The Balaban J connectivity index is 1.28. The fourth-order valence-electron chi connectivity index (χ4n) is 5.85. The second-order valence-corrected chi connectivity index (χ2v) is 10.6. The first-order chi connectivity index (χ1) is 15.7. The Morgan fingerprint density at radius 3 is 2.55 bits per heavy atom. The third kappa shape index (κ3) is 4.27. The van der Waals surface area contributed by atoms with Crippen molar-refractivity contribution in [2.45, 2.75) is 46.1 Å². The van der Waals surface area contributed by atoms with Gasteiger partial charge in [-0.2, -0.15) is 5.10 Å². The van der Waals surface area contributed by atoms with Crippen LogP contribution in [0.3, 0.4) is 0 Å². The first-order valence-corrected chi connectivity index (χ1v) is 11.4. The van der Waals surface area contributed by atoms with Gasteiger partial charge in [0.1, 0.15) is 0 Å². The van der Waals surface area contributed by atoms with Gasteiger partial charge in [-0.05, 0) is 66.5 Å². The van der Waals surface area contributed by atoms with E-state index in [0.29, 0.717) is 22.9 Å². The lowest BCUT2D eigenvalue weighted by atomic mass is 9.65. The summed E-state index contributed by atoms with van der Waals surface area (Å²) < 4.78 is 1.68. The summed E-state index contributed by atoms with van der Waals surface area (Å²) in [5.74, 6) is -0.130. The van der Waals surface area contributed by atoms with Gasteiger partial charge < -0.3 is 10.2 Å². The molecule has 2 bridgehead atoms. The number of rotatable bonds is 4. The van der Waals surface area contributed by atoms with Crippen LogP contribution in [0.25, 0.3) is 5.69 Å². The highest BCUT2D eigenvalue weighted by Crippen LogP contribution is 2.52. The minimum Gasteiger partial charge on any atom is -0.335 e. The minimum absolute atomic E-state index is 0.109. The Bertz CT molecular complexity index is 1180. The normalized spacial score (nSPS) is 23.4. The molecule has 0 spiro atoms. The van der Waals surface area contributed by atoms with E-state index >= 15 is 0 Å². The molecular formula is C26H29N5O2. The summed E-state index contributed by atoms with van der Waals surface area (Å²) in [6.45, 7) is 7.79. The van der Waals surface area contributed by atoms with Gasteiger partial charge in [0.2, 0.25) is 0 Å². The molecule has 1 aliphatic carbocycles. The van der Waals surface area contributed by atoms with Gasteiger partial charge in [-0.25, -0.2) is 4.68 Å². The molecule has 170 valence electrons. The standard InChI is InChI=1S/C26H29N5O2/c1-25(2)11-22-12-26(3,16-25)17-30(22)24(33)18-6-8-21(9-7-18)31-15-20(14-28-31)29-23(32)19-5-4-10-27-13-19/h4-10,13-15,22H,11-12,16-17H2,1-3H3,(H,29,32)/t22-,26-/m1/s1. The van der Waals surface area contributed by atoms with Crippen LogP contribution in [0.1, 0.15) is 60.7 Å². The van der Waals surface area contributed by atoms with Crippen LogP contribution in [-0.2, 0) is 0 Å². The zero-order valence-corrected chi connectivity index (χ0v) is 19.3. The van der Waals surface area contributed by atoms with Gasteiger partial charge in [-0.1, -0.05) is 20.8 Å². The van der Waals surface area contributed by atoms with E-state index in [2.05, 4.69) is 41.1 Å². The Hall–Kier alpha value is -3.48. The highest BCUT2D eigenvalue weighted by Gasteiger charge is 2.51. The molecule has 5 rings (SSSR count). The van der Waals surface area contributed by atoms with E-state index in [1.54, 1.807) is 35.4 Å². The van der Waals surface area contributed by atoms with Gasteiger partial charge in [0.05, 0.1) is 29.3 Å². The Labute approximate surface area is 193 Å². The molecule has 1 N–H and O–H groups in total. The Kier molecular flexibility index (Phi) is 5.07. The van der Waals surface area contributed by atoms with E-state index < -0.39 is 0 Å². The van der Waals surface area contributed by atoms with E-state index in [9.17, 15) is 9.59 Å². The van der Waals surface area contributed by atoms with Crippen LogP contribution in [0.15, 0.2) is 61.2 Å². The molecule has 1 aliphatic heterocycles. The zero-order chi connectivity index (χ0) is 23.2. The van der Waals surface area contributed by atoms with Crippen LogP contribution >= 0.6 is 0 Å². The second-order valence-electron chi connectivity index (χ2n) is 10.6. The number of fused-ring (bicyclic) bond motifs is 2. The van der Waals surface area contributed by atoms with Gasteiger partial charge in [0, 0.05) is 30.5 Å². The molecule has 2 fully saturated rings. The van der Waals surface area contributed by atoms with Gasteiger partial charge in [0.25, 0.3) is 11.8 Å². The molecule has 7 nitrogen and oxygen atoms in total. The maximum atomic E-state index is 13.3. The van der Waals surface area contributed by atoms with Crippen LogP contribution in [0.4, 0.5) is 5.69 Å². The molecule has 2 amide bonds. The summed E-state index contributed by atoms with van der Waals surface area (Å²) in [4.78, 5) is 31.7. The van der Waals surface area contributed by atoms with Crippen molar-refractivity contribution >= 4 is 17.5 Å². The first kappa shape index (κ1) is 21.4. The van der Waals surface area contributed by atoms with Crippen LogP contribution in [0, 0.1) is 10.8 Å². The molecular weight excluding hydrogens is 414 g/mol. The number of nitrogens with zero attached hydrogens (tertiary/aromatic N) is 4. The molecule has 2 aliphatic rings. The number of carbonyl (C=O) groups excluding carboxylic acids is 2. The van der Waals surface area contributed by atoms with Crippen molar-refractivity contribution in [3.63, 3.8) is 0 Å². The van der Waals surface area contributed by atoms with Crippen molar-refractivity contribution in [2.75, 3.05) is 11.9 Å². The molecule has 0 radical (unpaired) electrons. The molecule has 1 aromatic carbocycles. The first-order valence-electron chi connectivity index (χ1n) is 11.4. The monoisotopic (exact) mass is 443 g/mol. The number of hydrogen-bond donors (Lipinski definition) is 1. The quantitative estimate of drug-likeness (QED) is 0.641. The van der Waals surface area contributed by atoms with Crippen molar-refractivity contribution in [1.82, 2.24) is 19.7 Å². The Morgan fingerprint density at radius 2 is 1.82 bits per heavy atom. The van der Waals surface area contributed by atoms with Gasteiger partial charge in [0.15, 0.2) is 0 Å². The van der Waals surface area contributed by atoms with Crippen LogP contribution in [-0.4, -0.2) is 44.1 Å². The van der Waals surface area contributed by atoms with Crippen LogP contribution < -0.4 is 5.32 Å². The van der Waals surface area contributed by atoms with Gasteiger partial charge in [-0.3, -0.25) is 14.6 Å². The molecule has 33 heavy (non-hydrogen) atoms. The maximum Gasteiger partial charge on any atom is 0.257 e. The lowest BCUT2D eigenvalue weighted by Crippen LogP contribution is -2.37. The number of nitrogens with one attached hydrogen (secondary N) is 1. The largest absolute Gasteiger partial charge is 0.335 e. The third-order valence-electron chi connectivity index (χ3n) is 6.82. The SMILES string of the molecule is CC1(C)C[C@@H]2C[C@@](C)(CN2C(=O)c2ccc(-n3cc(NC(=O)c4cccnc4)cn3)cc2)C1. The summed E-state index contributed by atoms with van der Waals surface area (Å²) in [6, 6.07) is 11.3. The number of carbonyl (C=O) groups is 2. The molecule has 7 heteroatoms. The second kappa shape index (κ2) is 7.83. The Morgan fingerprint density at radius 1 is 1.03 bits per heavy atom. The molecule has 1 saturated heterocycles. The van der Waals surface area contributed by atoms with Crippen LogP contribution in [0.2, 0.25) is 0 Å². The molecule has 2 atom stereocenters. The fraction of sp³-hybridized carbons (Fsp3) is 0.385. The molecule has 1 saturated carbocycles. The summed E-state index contributed by atoms with van der Waals surface area (Å²) in [7, 11) is 0. The summed E-state index contributed by atoms with van der Waals surface area (Å²) in [5, 5.41) is 7.17. The highest BCUT2D eigenvalue weighted by atomic mass is 16.2.